The lowest BCUT2D eigenvalue weighted by molar-refractivity contribution is 0.0515. The summed E-state index contributed by atoms with van der Waals surface area (Å²) in [6, 6.07) is 9.51. The monoisotopic (exact) mass is 467 g/mol. The quantitative estimate of drug-likeness (QED) is 0.310. The van der Waals surface area contributed by atoms with Crippen molar-refractivity contribution in [2.45, 2.75) is 16.7 Å². The molecule has 0 aliphatic heterocycles. The molecule has 0 radical (unpaired) electrons. The number of rotatable bonds is 7. The smallest absolute Gasteiger partial charge is 0.344 e. The number of alkyl halides is 1. The minimum absolute atomic E-state index is 0.00483. The summed E-state index contributed by atoms with van der Waals surface area (Å²) in [6.07, 6.45) is 0. The van der Waals surface area contributed by atoms with Crippen molar-refractivity contribution in [3.05, 3.63) is 65.2 Å². The van der Waals surface area contributed by atoms with Gasteiger partial charge in [0, 0.05) is 11.5 Å². The number of pyridine rings is 1. The van der Waals surface area contributed by atoms with E-state index in [1.165, 1.54) is 12.1 Å². The highest BCUT2D eigenvalue weighted by molar-refractivity contribution is 8.01. The molecule has 1 heterocycles. The number of carbonyl (C=O) groups excluding carboxylic acids is 2. The lowest BCUT2D eigenvalue weighted by atomic mass is 10.1. The van der Waals surface area contributed by atoms with Gasteiger partial charge in [0.2, 0.25) is 0 Å². The number of nitrogens with zero attached hydrogens (tertiary/aromatic N) is 1. The number of benzene rings is 2. The molecule has 6 nitrogen and oxygen atoms in total. The van der Waals surface area contributed by atoms with Crippen LogP contribution < -0.4 is 4.74 Å². The van der Waals surface area contributed by atoms with Crippen LogP contribution in [0.2, 0.25) is 0 Å². The zero-order valence-electron chi connectivity index (χ0n) is 16.1. The first-order valence-corrected chi connectivity index (χ1v) is 10.4. The third-order valence-electron chi connectivity index (χ3n) is 4.01. The molecule has 3 rings (SSSR count). The molecule has 1 aromatic heterocycles. The summed E-state index contributed by atoms with van der Waals surface area (Å²) in [5, 5.41) is 9.12. The van der Waals surface area contributed by atoms with Gasteiger partial charge in [-0.25, -0.2) is 23.4 Å². The highest BCUT2D eigenvalue weighted by atomic mass is 35.5. The Kier molecular flexibility index (Phi) is 7.42. The van der Waals surface area contributed by atoms with Crippen molar-refractivity contribution in [2.75, 3.05) is 13.2 Å². The molecule has 0 amide bonds. The second kappa shape index (κ2) is 10.0. The number of hydrogen-bond donors (Lipinski definition) is 1. The largest absolute Gasteiger partial charge is 0.462 e. The van der Waals surface area contributed by atoms with Crippen LogP contribution in [0.1, 0.15) is 27.6 Å². The van der Waals surface area contributed by atoms with Crippen molar-refractivity contribution in [3.8, 4) is 5.75 Å². The van der Waals surface area contributed by atoms with Crippen molar-refractivity contribution >= 4 is 46.2 Å². The number of halogens is 3. The molecule has 2 aromatic carbocycles. The first kappa shape index (κ1) is 22.9. The van der Waals surface area contributed by atoms with Gasteiger partial charge in [-0.2, -0.15) is 0 Å². The first-order valence-electron chi connectivity index (χ1n) is 9.04. The van der Waals surface area contributed by atoms with Gasteiger partial charge in [0.1, 0.15) is 15.3 Å². The maximum absolute atomic E-state index is 14.0. The Balaban J connectivity index is 2.27. The molecule has 162 valence electrons. The van der Waals surface area contributed by atoms with E-state index in [4.69, 9.17) is 21.1 Å². The lowest BCUT2D eigenvalue weighted by Gasteiger charge is -2.17. The van der Waals surface area contributed by atoms with Gasteiger partial charge < -0.3 is 14.6 Å². The van der Waals surface area contributed by atoms with Crippen molar-refractivity contribution in [2.24, 2.45) is 0 Å². The van der Waals surface area contributed by atoms with Crippen molar-refractivity contribution in [1.82, 2.24) is 4.98 Å². The molecule has 1 unspecified atom stereocenters. The van der Waals surface area contributed by atoms with E-state index >= 15 is 0 Å². The van der Waals surface area contributed by atoms with E-state index in [1.54, 1.807) is 25.1 Å². The van der Waals surface area contributed by atoms with Gasteiger partial charge in [-0.1, -0.05) is 30.0 Å². The summed E-state index contributed by atoms with van der Waals surface area (Å²) < 4.78 is 37.5. The summed E-state index contributed by atoms with van der Waals surface area (Å²) in [5.41, 5.74) is -0.189. The lowest BCUT2D eigenvalue weighted by Crippen LogP contribution is -2.16. The Labute approximate surface area is 185 Å². The highest BCUT2D eigenvalue weighted by Crippen LogP contribution is 2.39. The molecule has 3 aromatic rings. The van der Waals surface area contributed by atoms with E-state index in [0.717, 1.165) is 23.9 Å². The van der Waals surface area contributed by atoms with E-state index in [2.05, 4.69) is 4.98 Å². The molecule has 0 fully saturated rings. The molecule has 0 bridgehead atoms. The van der Waals surface area contributed by atoms with Crippen molar-refractivity contribution in [3.63, 3.8) is 0 Å². The topological polar surface area (TPSA) is 85.7 Å². The van der Waals surface area contributed by atoms with Gasteiger partial charge in [0.15, 0.2) is 17.4 Å². The predicted molar refractivity (Wildman–Crippen MR) is 112 cm³/mol. The summed E-state index contributed by atoms with van der Waals surface area (Å²) in [6.45, 7) is 1.10. The summed E-state index contributed by atoms with van der Waals surface area (Å²) >= 11 is 6.78. The normalized spacial score (nSPS) is 11.9. The van der Waals surface area contributed by atoms with Crippen molar-refractivity contribution in [1.29, 1.82) is 0 Å². The molecule has 0 aliphatic carbocycles. The fraction of sp³-hybridized carbons (Fsp3) is 0.190. The highest BCUT2D eigenvalue weighted by Gasteiger charge is 2.28. The number of carbonyl (C=O) groups is 2. The molecule has 31 heavy (non-hydrogen) atoms. The maximum atomic E-state index is 14.0. The summed E-state index contributed by atoms with van der Waals surface area (Å²) in [4.78, 5) is 29.6. The standard InChI is InChI=1S/C21H16ClF2NO5S/c1-2-29-21(28)17-18(30-20(27)11-6-4-3-5-7-11)12-8-13(23)14(24)9-15(12)25-19(17)31-16(22)10-26/h3-9,16,26H,2,10H2,1H3. The SMILES string of the molecule is CCOC(=O)c1c(SC(Cl)CO)nc2cc(F)c(F)cc2c1OC(=O)c1ccccc1. The Bertz CT molecular complexity index is 1130. The minimum atomic E-state index is -1.22. The average Bonchev–Trinajstić information content (AvgIpc) is 2.75. The predicted octanol–water partition coefficient (Wildman–Crippen LogP) is 4.56. The zero-order chi connectivity index (χ0) is 22.5. The van der Waals surface area contributed by atoms with E-state index in [9.17, 15) is 23.5 Å². The zero-order valence-corrected chi connectivity index (χ0v) is 17.7. The second-order valence-electron chi connectivity index (χ2n) is 6.09. The van der Waals surface area contributed by atoms with Crippen LogP contribution in [0.4, 0.5) is 8.78 Å². The Hall–Kier alpha value is -2.75. The fourth-order valence-electron chi connectivity index (χ4n) is 2.67. The number of esters is 2. The minimum Gasteiger partial charge on any atom is -0.462 e. The third-order valence-corrected chi connectivity index (χ3v) is 5.34. The molecule has 10 heteroatoms. The van der Waals surface area contributed by atoms with Gasteiger partial charge in [-0.15, -0.1) is 11.6 Å². The van der Waals surface area contributed by atoms with Crippen LogP contribution in [-0.2, 0) is 4.74 Å². The van der Waals surface area contributed by atoms with Gasteiger partial charge in [0.05, 0.1) is 24.3 Å². The summed E-state index contributed by atoms with van der Waals surface area (Å²) in [7, 11) is 0. The van der Waals surface area contributed by atoms with Gasteiger partial charge in [-0.05, 0) is 25.1 Å². The summed E-state index contributed by atoms with van der Waals surface area (Å²) in [5.74, 6) is -4.47. The molecule has 1 atom stereocenters. The van der Waals surface area contributed by atoms with Crippen LogP contribution in [0.3, 0.4) is 0 Å². The van der Waals surface area contributed by atoms with E-state index in [1.807, 2.05) is 0 Å². The van der Waals surface area contributed by atoms with E-state index < -0.39 is 34.9 Å². The van der Waals surface area contributed by atoms with E-state index in [0.29, 0.717) is 0 Å². The van der Waals surface area contributed by atoms with Gasteiger partial charge in [-0.3, -0.25) is 0 Å². The molecule has 1 N–H and O–H groups in total. The van der Waals surface area contributed by atoms with Gasteiger partial charge >= 0.3 is 11.9 Å². The van der Waals surface area contributed by atoms with Crippen LogP contribution in [0.15, 0.2) is 47.5 Å². The molecule has 0 saturated heterocycles. The fourth-order valence-corrected chi connectivity index (χ4v) is 3.68. The first-order chi connectivity index (χ1) is 14.8. The number of thioether (sulfide) groups is 1. The van der Waals surface area contributed by atoms with Crippen LogP contribution >= 0.6 is 23.4 Å². The Morgan fingerprint density at radius 2 is 1.84 bits per heavy atom. The van der Waals surface area contributed by atoms with Crippen LogP contribution in [0, 0.1) is 11.6 Å². The van der Waals surface area contributed by atoms with E-state index in [-0.39, 0.29) is 39.4 Å². The number of aliphatic hydroxyl groups is 1. The van der Waals surface area contributed by atoms with Crippen LogP contribution in [0.5, 0.6) is 5.75 Å². The van der Waals surface area contributed by atoms with Crippen LogP contribution in [0.25, 0.3) is 10.9 Å². The second-order valence-corrected chi connectivity index (χ2v) is 8.07. The van der Waals surface area contributed by atoms with Crippen LogP contribution in [-0.4, -0.2) is 40.0 Å². The Morgan fingerprint density at radius 1 is 1.16 bits per heavy atom. The molecule has 0 spiro atoms. The third kappa shape index (κ3) is 5.12. The average molecular weight is 468 g/mol. The number of fused-ring (bicyclic) bond motifs is 1. The number of hydrogen-bond acceptors (Lipinski definition) is 7. The number of ether oxygens (including phenoxy) is 2. The number of aliphatic hydroxyl groups excluding tert-OH is 1. The Morgan fingerprint density at radius 3 is 2.48 bits per heavy atom. The maximum Gasteiger partial charge on any atom is 0.344 e. The van der Waals surface area contributed by atoms with Crippen molar-refractivity contribution < 1.29 is 33.0 Å². The van der Waals surface area contributed by atoms with Gasteiger partial charge in [0.25, 0.3) is 0 Å². The molecular weight excluding hydrogens is 452 g/mol. The molecule has 0 aliphatic rings. The molecule has 0 saturated carbocycles. The number of aromatic nitrogens is 1. The molecular formula is C21H16ClF2NO5S.